The maximum atomic E-state index is 12.9. The van der Waals surface area contributed by atoms with Crippen LogP contribution in [-0.2, 0) is 4.79 Å². The Kier molecular flexibility index (Phi) is 4.70. The van der Waals surface area contributed by atoms with Crippen LogP contribution in [0, 0.1) is 5.82 Å². The van der Waals surface area contributed by atoms with Crippen LogP contribution in [-0.4, -0.2) is 22.5 Å². The van der Waals surface area contributed by atoms with Gasteiger partial charge in [-0.15, -0.1) is 0 Å². The van der Waals surface area contributed by atoms with E-state index in [1.54, 1.807) is 24.5 Å². The molecule has 1 aromatic carbocycles. The number of aromatic nitrogens is 2. The molecule has 106 valence electrons. The zero-order chi connectivity index (χ0) is 14.4. The number of nitrogens with one attached hydrogen (secondary N) is 2. The van der Waals surface area contributed by atoms with Crippen molar-refractivity contribution in [1.82, 2.24) is 15.3 Å². The number of H-pyrrole nitrogens is 1. The first-order valence-electron chi connectivity index (χ1n) is 6.32. The highest BCUT2D eigenvalue weighted by Gasteiger charge is 2.11. The lowest BCUT2D eigenvalue weighted by atomic mass is 10.3. The van der Waals surface area contributed by atoms with E-state index in [4.69, 9.17) is 4.74 Å². The Balaban J connectivity index is 1.73. The van der Waals surface area contributed by atoms with E-state index >= 15 is 0 Å². The first-order chi connectivity index (χ1) is 9.65. The summed E-state index contributed by atoms with van der Waals surface area (Å²) in [6.45, 7) is 2.03. The standard InChI is InChI=1S/C14H16FN3O2/c1-10(14-16-6-7-17-14)18-13(19)5-8-20-12-4-2-3-11(15)9-12/h2-4,6-7,9-10H,5,8H2,1H3,(H,16,17)(H,18,19). The number of hydrogen-bond donors (Lipinski definition) is 2. The molecular formula is C14H16FN3O2. The number of halogens is 1. The summed E-state index contributed by atoms with van der Waals surface area (Å²) in [6, 6.07) is 5.64. The van der Waals surface area contributed by atoms with Crippen LogP contribution in [0.15, 0.2) is 36.7 Å². The Labute approximate surface area is 116 Å². The molecule has 1 heterocycles. The van der Waals surface area contributed by atoms with Crippen LogP contribution in [0.3, 0.4) is 0 Å². The lowest BCUT2D eigenvalue weighted by Crippen LogP contribution is -2.28. The van der Waals surface area contributed by atoms with Gasteiger partial charge in [0.25, 0.3) is 0 Å². The van der Waals surface area contributed by atoms with Gasteiger partial charge in [-0.3, -0.25) is 4.79 Å². The first-order valence-corrected chi connectivity index (χ1v) is 6.32. The molecule has 0 fully saturated rings. The molecule has 0 radical (unpaired) electrons. The fourth-order valence-corrected chi connectivity index (χ4v) is 1.71. The highest BCUT2D eigenvalue weighted by Crippen LogP contribution is 2.12. The van der Waals surface area contributed by atoms with Crippen molar-refractivity contribution in [3.8, 4) is 5.75 Å². The molecule has 2 aromatic rings. The van der Waals surface area contributed by atoms with E-state index in [-0.39, 0.29) is 30.8 Å². The molecule has 20 heavy (non-hydrogen) atoms. The Morgan fingerprint density at radius 2 is 2.40 bits per heavy atom. The number of carbonyl (C=O) groups is 1. The molecule has 2 rings (SSSR count). The van der Waals surface area contributed by atoms with E-state index in [9.17, 15) is 9.18 Å². The largest absolute Gasteiger partial charge is 0.493 e. The maximum Gasteiger partial charge on any atom is 0.224 e. The van der Waals surface area contributed by atoms with E-state index in [1.165, 1.54) is 12.1 Å². The highest BCUT2D eigenvalue weighted by molar-refractivity contribution is 5.76. The number of carbonyl (C=O) groups excluding carboxylic acids is 1. The Morgan fingerprint density at radius 3 is 3.10 bits per heavy atom. The summed E-state index contributed by atoms with van der Waals surface area (Å²) in [6.07, 6.45) is 3.53. The van der Waals surface area contributed by atoms with Crippen molar-refractivity contribution < 1.29 is 13.9 Å². The number of benzene rings is 1. The van der Waals surface area contributed by atoms with E-state index in [1.807, 2.05) is 6.92 Å². The minimum absolute atomic E-state index is 0.148. The number of ether oxygens (including phenoxy) is 1. The lowest BCUT2D eigenvalue weighted by molar-refractivity contribution is -0.122. The van der Waals surface area contributed by atoms with Gasteiger partial charge in [0.05, 0.1) is 19.1 Å². The highest BCUT2D eigenvalue weighted by atomic mass is 19.1. The molecule has 1 aromatic heterocycles. The van der Waals surface area contributed by atoms with Crippen LogP contribution in [0.2, 0.25) is 0 Å². The third-order valence-electron chi connectivity index (χ3n) is 2.70. The summed E-state index contributed by atoms with van der Waals surface area (Å²) < 4.78 is 18.2. The minimum Gasteiger partial charge on any atom is -0.493 e. The number of rotatable bonds is 6. The number of amides is 1. The van der Waals surface area contributed by atoms with Crippen LogP contribution in [0.25, 0.3) is 0 Å². The zero-order valence-electron chi connectivity index (χ0n) is 11.1. The summed E-state index contributed by atoms with van der Waals surface area (Å²) in [5.74, 6) is 0.602. The fourth-order valence-electron chi connectivity index (χ4n) is 1.71. The summed E-state index contributed by atoms with van der Waals surface area (Å²) >= 11 is 0. The molecule has 5 nitrogen and oxygen atoms in total. The van der Waals surface area contributed by atoms with Gasteiger partial charge in [-0.05, 0) is 19.1 Å². The second kappa shape index (κ2) is 6.70. The second-order valence-electron chi connectivity index (χ2n) is 4.32. The molecule has 0 spiro atoms. The molecule has 0 saturated heterocycles. The van der Waals surface area contributed by atoms with Crippen molar-refractivity contribution in [3.63, 3.8) is 0 Å². The molecule has 2 N–H and O–H groups in total. The second-order valence-corrected chi connectivity index (χ2v) is 4.32. The third kappa shape index (κ3) is 4.08. The Bertz CT molecular complexity index is 557. The van der Waals surface area contributed by atoms with Crippen molar-refractivity contribution in [2.45, 2.75) is 19.4 Å². The van der Waals surface area contributed by atoms with Gasteiger partial charge in [0.15, 0.2) is 0 Å². The Morgan fingerprint density at radius 1 is 1.55 bits per heavy atom. The fraction of sp³-hybridized carbons (Fsp3) is 0.286. The number of hydrogen-bond acceptors (Lipinski definition) is 3. The van der Waals surface area contributed by atoms with Gasteiger partial charge >= 0.3 is 0 Å². The van der Waals surface area contributed by atoms with Gasteiger partial charge < -0.3 is 15.0 Å². The van der Waals surface area contributed by atoms with Gasteiger partial charge in [-0.25, -0.2) is 9.37 Å². The zero-order valence-corrected chi connectivity index (χ0v) is 11.1. The number of nitrogens with zero attached hydrogens (tertiary/aromatic N) is 1. The van der Waals surface area contributed by atoms with E-state index < -0.39 is 0 Å². The maximum absolute atomic E-state index is 12.9. The van der Waals surface area contributed by atoms with Crippen LogP contribution in [0.4, 0.5) is 4.39 Å². The molecule has 0 aliphatic rings. The monoisotopic (exact) mass is 277 g/mol. The van der Waals surface area contributed by atoms with Crippen molar-refractivity contribution in [1.29, 1.82) is 0 Å². The minimum atomic E-state index is -0.363. The van der Waals surface area contributed by atoms with E-state index in [0.717, 1.165) is 0 Å². The van der Waals surface area contributed by atoms with E-state index in [0.29, 0.717) is 11.6 Å². The van der Waals surface area contributed by atoms with Crippen molar-refractivity contribution in [3.05, 3.63) is 48.3 Å². The smallest absolute Gasteiger partial charge is 0.224 e. The molecule has 6 heteroatoms. The molecular weight excluding hydrogens is 261 g/mol. The van der Waals surface area contributed by atoms with Crippen LogP contribution < -0.4 is 10.1 Å². The van der Waals surface area contributed by atoms with Gasteiger partial charge in [0.1, 0.15) is 17.4 Å². The number of imidazole rings is 1. The molecule has 0 aliphatic carbocycles. The van der Waals surface area contributed by atoms with Gasteiger partial charge in [-0.1, -0.05) is 6.07 Å². The lowest BCUT2D eigenvalue weighted by Gasteiger charge is -2.11. The Hall–Kier alpha value is -2.37. The van der Waals surface area contributed by atoms with Crippen molar-refractivity contribution >= 4 is 5.91 Å². The summed E-state index contributed by atoms with van der Waals surface area (Å²) in [5.41, 5.74) is 0. The molecule has 0 bridgehead atoms. The molecule has 1 amide bonds. The third-order valence-corrected chi connectivity index (χ3v) is 2.70. The van der Waals surface area contributed by atoms with Gasteiger partial charge in [-0.2, -0.15) is 0 Å². The van der Waals surface area contributed by atoms with Crippen molar-refractivity contribution in [2.75, 3.05) is 6.61 Å². The van der Waals surface area contributed by atoms with Crippen LogP contribution in [0.1, 0.15) is 25.2 Å². The topological polar surface area (TPSA) is 67.0 Å². The van der Waals surface area contributed by atoms with E-state index in [2.05, 4.69) is 15.3 Å². The molecule has 1 atom stereocenters. The van der Waals surface area contributed by atoms with Crippen molar-refractivity contribution in [2.24, 2.45) is 0 Å². The predicted molar refractivity (Wildman–Crippen MR) is 71.7 cm³/mol. The first kappa shape index (κ1) is 14.0. The number of aromatic amines is 1. The average molecular weight is 277 g/mol. The molecule has 1 unspecified atom stereocenters. The normalized spacial score (nSPS) is 11.9. The van der Waals surface area contributed by atoms with Crippen LogP contribution in [0.5, 0.6) is 5.75 Å². The molecule has 0 saturated carbocycles. The summed E-state index contributed by atoms with van der Waals surface area (Å²) in [7, 11) is 0. The predicted octanol–water partition coefficient (Wildman–Crippen LogP) is 2.20. The summed E-state index contributed by atoms with van der Waals surface area (Å²) in [5, 5.41) is 2.79. The van der Waals surface area contributed by atoms with Crippen LogP contribution >= 0.6 is 0 Å². The average Bonchev–Trinajstić information content (AvgIpc) is 2.92. The van der Waals surface area contributed by atoms with Gasteiger partial charge in [0.2, 0.25) is 5.91 Å². The van der Waals surface area contributed by atoms with Gasteiger partial charge in [0, 0.05) is 18.5 Å². The summed E-state index contributed by atoms with van der Waals surface area (Å²) in [4.78, 5) is 18.7. The quantitative estimate of drug-likeness (QED) is 0.850. The molecule has 0 aliphatic heterocycles. The SMILES string of the molecule is CC(NC(=O)CCOc1cccc(F)c1)c1ncc[nH]1.